The molecule has 0 heterocycles. The number of carbonyl (C=O) groups is 2. The van der Waals surface area contributed by atoms with Crippen molar-refractivity contribution >= 4 is 39.1 Å². The lowest BCUT2D eigenvalue weighted by Crippen LogP contribution is -2.52. The second kappa shape index (κ2) is 13.1. The van der Waals surface area contributed by atoms with Crippen molar-refractivity contribution in [1.29, 1.82) is 0 Å². The number of aryl methyl sites for hydroxylation is 3. The van der Waals surface area contributed by atoms with E-state index in [4.69, 9.17) is 11.6 Å². The maximum atomic E-state index is 14.1. The van der Waals surface area contributed by atoms with Crippen LogP contribution in [0.4, 0.5) is 5.69 Å². The fraction of sp³-hybridized carbons (Fsp3) is 0.333. The van der Waals surface area contributed by atoms with E-state index in [0.717, 1.165) is 26.6 Å². The first-order chi connectivity index (χ1) is 18.5. The largest absolute Gasteiger partial charge is 0.355 e. The van der Waals surface area contributed by atoms with Gasteiger partial charge in [-0.05, 0) is 92.8 Å². The van der Waals surface area contributed by atoms with Crippen LogP contribution in [0.2, 0.25) is 5.02 Å². The fourth-order valence-electron chi connectivity index (χ4n) is 4.33. The fourth-order valence-corrected chi connectivity index (χ4v) is 5.86. The Hall–Kier alpha value is -3.36. The molecule has 3 aromatic rings. The van der Waals surface area contributed by atoms with E-state index in [-0.39, 0.29) is 17.3 Å². The molecule has 1 atom stereocenters. The molecule has 3 rings (SSSR count). The molecule has 0 unspecified atom stereocenters. The van der Waals surface area contributed by atoms with Gasteiger partial charge in [-0.15, -0.1) is 0 Å². The summed E-state index contributed by atoms with van der Waals surface area (Å²) < 4.78 is 29.0. The molecule has 3 aromatic carbocycles. The second-order valence-electron chi connectivity index (χ2n) is 9.50. The molecule has 0 aromatic heterocycles. The third-order valence-corrected chi connectivity index (χ3v) is 8.84. The zero-order chi connectivity index (χ0) is 28.7. The SMILES string of the molecule is CCNC(=O)[C@H](CC)N(Cc1ccccc1C)C(=O)CN(c1ccc(C)c(C)c1)S(=O)(=O)c1ccc(Cl)cc1. The first-order valence-corrected chi connectivity index (χ1v) is 14.8. The normalized spacial score (nSPS) is 12.1. The molecular weight excluding hydrogens is 534 g/mol. The Labute approximate surface area is 236 Å². The molecular formula is C30H36ClN3O4S. The van der Waals surface area contributed by atoms with E-state index in [1.807, 2.05) is 65.0 Å². The Morgan fingerprint density at radius 3 is 2.15 bits per heavy atom. The highest BCUT2D eigenvalue weighted by atomic mass is 35.5. The number of hydrogen-bond acceptors (Lipinski definition) is 4. The zero-order valence-electron chi connectivity index (χ0n) is 23.1. The van der Waals surface area contributed by atoms with E-state index >= 15 is 0 Å². The number of likely N-dealkylation sites (N-methyl/N-ethyl adjacent to an activating group) is 1. The summed E-state index contributed by atoms with van der Waals surface area (Å²) in [5.74, 6) is -0.757. The van der Waals surface area contributed by atoms with Crippen molar-refractivity contribution in [1.82, 2.24) is 10.2 Å². The molecule has 39 heavy (non-hydrogen) atoms. The van der Waals surface area contributed by atoms with Crippen LogP contribution >= 0.6 is 11.6 Å². The first-order valence-electron chi connectivity index (χ1n) is 13.0. The molecule has 0 radical (unpaired) electrons. The minimum Gasteiger partial charge on any atom is -0.355 e. The van der Waals surface area contributed by atoms with Crippen molar-refractivity contribution in [3.8, 4) is 0 Å². The standard InChI is InChI=1S/C30H36ClN3O4S/c1-6-28(30(36)32-7-2)33(19-24-11-9-8-10-22(24)4)29(35)20-34(26-15-12-21(3)23(5)18-26)39(37,38)27-16-13-25(31)14-17-27/h8-18,28H,6-7,19-20H2,1-5H3,(H,32,36)/t28-/m0/s1. The highest BCUT2D eigenvalue weighted by Crippen LogP contribution is 2.27. The van der Waals surface area contributed by atoms with Crippen LogP contribution in [0.1, 0.15) is 42.5 Å². The van der Waals surface area contributed by atoms with Crippen molar-refractivity contribution in [3.05, 3.63) is 94.0 Å². The Morgan fingerprint density at radius 1 is 0.897 bits per heavy atom. The highest BCUT2D eigenvalue weighted by molar-refractivity contribution is 7.92. The smallest absolute Gasteiger partial charge is 0.264 e. The van der Waals surface area contributed by atoms with E-state index < -0.39 is 28.5 Å². The lowest BCUT2D eigenvalue weighted by molar-refractivity contribution is -0.140. The van der Waals surface area contributed by atoms with Gasteiger partial charge in [0.25, 0.3) is 10.0 Å². The number of sulfonamides is 1. The van der Waals surface area contributed by atoms with Gasteiger partial charge in [0, 0.05) is 18.1 Å². The molecule has 1 N–H and O–H groups in total. The van der Waals surface area contributed by atoms with Gasteiger partial charge in [-0.3, -0.25) is 13.9 Å². The van der Waals surface area contributed by atoms with Crippen LogP contribution < -0.4 is 9.62 Å². The minimum atomic E-state index is -4.15. The summed E-state index contributed by atoms with van der Waals surface area (Å²) in [6.07, 6.45) is 0.372. The number of amides is 2. The van der Waals surface area contributed by atoms with Gasteiger partial charge < -0.3 is 10.2 Å². The van der Waals surface area contributed by atoms with Crippen LogP contribution in [0.5, 0.6) is 0 Å². The Balaban J connectivity index is 2.10. The summed E-state index contributed by atoms with van der Waals surface area (Å²) >= 11 is 6.01. The third-order valence-electron chi connectivity index (χ3n) is 6.80. The number of benzene rings is 3. The molecule has 0 aliphatic heterocycles. The van der Waals surface area contributed by atoms with Gasteiger partial charge in [0.05, 0.1) is 10.6 Å². The number of nitrogens with zero attached hydrogens (tertiary/aromatic N) is 2. The summed E-state index contributed by atoms with van der Waals surface area (Å²) in [5, 5.41) is 3.22. The van der Waals surface area contributed by atoms with Crippen LogP contribution in [0, 0.1) is 20.8 Å². The van der Waals surface area contributed by atoms with Gasteiger partial charge in [-0.25, -0.2) is 8.42 Å². The average molecular weight is 570 g/mol. The molecule has 0 aliphatic carbocycles. The van der Waals surface area contributed by atoms with Gasteiger partial charge in [0.15, 0.2) is 0 Å². The van der Waals surface area contributed by atoms with E-state index in [2.05, 4.69) is 5.32 Å². The maximum absolute atomic E-state index is 14.1. The Bertz CT molecular complexity index is 1420. The molecule has 0 spiro atoms. The summed E-state index contributed by atoms with van der Waals surface area (Å²) in [7, 11) is -4.15. The van der Waals surface area contributed by atoms with Crippen LogP contribution in [0.25, 0.3) is 0 Å². The predicted octanol–water partition coefficient (Wildman–Crippen LogP) is 5.40. The number of anilines is 1. The maximum Gasteiger partial charge on any atom is 0.264 e. The van der Waals surface area contributed by atoms with Crippen LogP contribution in [0.3, 0.4) is 0 Å². The summed E-state index contributed by atoms with van der Waals surface area (Å²) in [6.45, 7) is 9.53. The Kier molecular flexibility index (Phi) is 10.2. The zero-order valence-corrected chi connectivity index (χ0v) is 24.6. The van der Waals surface area contributed by atoms with E-state index in [1.165, 1.54) is 29.2 Å². The molecule has 0 bridgehead atoms. The van der Waals surface area contributed by atoms with Crippen molar-refractivity contribution in [3.63, 3.8) is 0 Å². The van der Waals surface area contributed by atoms with Crippen molar-refractivity contribution in [2.24, 2.45) is 0 Å². The summed E-state index contributed by atoms with van der Waals surface area (Å²) in [6, 6.07) is 18.0. The van der Waals surface area contributed by atoms with Gasteiger partial charge in [0.2, 0.25) is 11.8 Å². The third kappa shape index (κ3) is 7.19. The molecule has 0 aliphatic rings. The van der Waals surface area contributed by atoms with Crippen molar-refractivity contribution < 1.29 is 18.0 Å². The summed E-state index contributed by atoms with van der Waals surface area (Å²) in [5.41, 5.74) is 4.11. The number of carbonyl (C=O) groups excluding carboxylic acids is 2. The highest BCUT2D eigenvalue weighted by Gasteiger charge is 2.33. The quantitative estimate of drug-likeness (QED) is 0.335. The first kappa shape index (κ1) is 30.2. The predicted molar refractivity (Wildman–Crippen MR) is 156 cm³/mol. The number of nitrogens with one attached hydrogen (secondary N) is 1. The minimum absolute atomic E-state index is 0.0131. The summed E-state index contributed by atoms with van der Waals surface area (Å²) in [4.78, 5) is 28.6. The van der Waals surface area contributed by atoms with Crippen LogP contribution in [-0.2, 0) is 26.2 Å². The molecule has 0 saturated carbocycles. The van der Waals surface area contributed by atoms with Gasteiger partial charge >= 0.3 is 0 Å². The number of rotatable bonds is 11. The van der Waals surface area contributed by atoms with Gasteiger partial charge in [-0.2, -0.15) is 0 Å². The van der Waals surface area contributed by atoms with E-state index in [0.29, 0.717) is 23.7 Å². The monoisotopic (exact) mass is 569 g/mol. The Morgan fingerprint density at radius 2 is 1.56 bits per heavy atom. The van der Waals surface area contributed by atoms with E-state index in [9.17, 15) is 18.0 Å². The van der Waals surface area contributed by atoms with Crippen LogP contribution in [0.15, 0.2) is 71.6 Å². The molecule has 208 valence electrons. The van der Waals surface area contributed by atoms with E-state index in [1.54, 1.807) is 12.1 Å². The number of hydrogen-bond donors (Lipinski definition) is 1. The molecule has 0 saturated heterocycles. The van der Waals surface area contributed by atoms with Gasteiger partial charge in [-0.1, -0.05) is 48.9 Å². The van der Waals surface area contributed by atoms with Crippen molar-refractivity contribution in [2.45, 2.75) is 58.5 Å². The van der Waals surface area contributed by atoms with Gasteiger partial charge in [0.1, 0.15) is 12.6 Å². The molecule has 7 nitrogen and oxygen atoms in total. The lowest BCUT2D eigenvalue weighted by atomic mass is 10.1. The molecule has 9 heteroatoms. The molecule has 0 fully saturated rings. The average Bonchev–Trinajstić information content (AvgIpc) is 2.90. The molecule has 2 amide bonds. The second-order valence-corrected chi connectivity index (χ2v) is 11.8. The lowest BCUT2D eigenvalue weighted by Gasteiger charge is -2.33. The topological polar surface area (TPSA) is 86.8 Å². The number of halogens is 1. The van der Waals surface area contributed by atoms with Crippen LogP contribution in [-0.4, -0.2) is 44.3 Å². The van der Waals surface area contributed by atoms with Crippen molar-refractivity contribution in [2.75, 3.05) is 17.4 Å².